The first-order valence-corrected chi connectivity index (χ1v) is 6.21. The highest BCUT2D eigenvalue weighted by Crippen LogP contribution is 2.30. The molecule has 15 heavy (non-hydrogen) atoms. The smallest absolute Gasteiger partial charge is 0.0593 e. The zero-order valence-corrected chi connectivity index (χ0v) is 10.5. The molecular formula is C12H26N2O. The van der Waals surface area contributed by atoms with Crippen molar-refractivity contribution in [3.8, 4) is 0 Å². The summed E-state index contributed by atoms with van der Waals surface area (Å²) in [6, 6.07) is 0. The third kappa shape index (κ3) is 2.92. The number of nitrogens with zero attached hydrogens (tertiary/aromatic N) is 1. The van der Waals surface area contributed by atoms with Crippen LogP contribution in [0, 0.1) is 0 Å². The highest BCUT2D eigenvalue weighted by molar-refractivity contribution is 4.94. The van der Waals surface area contributed by atoms with E-state index in [1.165, 1.54) is 12.8 Å². The molecule has 2 unspecified atom stereocenters. The van der Waals surface area contributed by atoms with Crippen molar-refractivity contribution >= 4 is 0 Å². The number of likely N-dealkylation sites (N-methyl/N-ethyl adjacent to an activating group) is 1. The van der Waals surface area contributed by atoms with E-state index in [2.05, 4.69) is 25.8 Å². The van der Waals surface area contributed by atoms with E-state index in [0.29, 0.717) is 6.10 Å². The Labute approximate surface area is 94.0 Å². The van der Waals surface area contributed by atoms with Crippen molar-refractivity contribution in [3.05, 3.63) is 0 Å². The molecule has 0 aromatic heterocycles. The Bertz CT molecular complexity index is 184. The standard InChI is InChI=1S/C12H26N2O/c1-4-6-11-9-12(10-13,7-8-15-11)14(3)5-2/h11H,4-10,13H2,1-3H3. The van der Waals surface area contributed by atoms with Gasteiger partial charge in [0, 0.05) is 18.7 Å². The highest BCUT2D eigenvalue weighted by atomic mass is 16.5. The molecule has 1 aliphatic heterocycles. The molecule has 0 aliphatic carbocycles. The molecule has 3 heteroatoms. The third-order valence-electron chi connectivity index (χ3n) is 3.80. The first-order valence-electron chi connectivity index (χ1n) is 6.21. The van der Waals surface area contributed by atoms with E-state index in [9.17, 15) is 0 Å². The topological polar surface area (TPSA) is 38.5 Å². The van der Waals surface area contributed by atoms with Crippen LogP contribution in [0.3, 0.4) is 0 Å². The normalized spacial score (nSPS) is 32.2. The van der Waals surface area contributed by atoms with Crippen molar-refractivity contribution in [1.82, 2.24) is 4.90 Å². The fourth-order valence-corrected chi connectivity index (χ4v) is 2.53. The lowest BCUT2D eigenvalue weighted by molar-refractivity contribution is -0.0655. The Balaban J connectivity index is 2.63. The van der Waals surface area contributed by atoms with Crippen molar-refractivity contribution in [2.45, 2.75) is 51.2 Å². The fraction of sp³-hybridized carbons (Fsp3) is 1.00. The van der Waals surface area contributed by atoms with Gasteiger partial charge in [0.2, 0.25) is 0 Å². The lowest BCUT2D eigenvalue weighted by Gasteiger charge is -2.46. The van der Waals surface area contributed by atoms with Crippen molar-refractivity contribution in [2.24, 2.45) is 5.73 Å². The summed E-state index contributed by atoms with van der Waals surface area (Å²) in [6.07, 6.45) is 4.96. The molecule has 0 aromatic carbocycles. The predicted octanol–water partition coefficient (Wildman–Crippen LogP) is 1.61. The van der Waals surface area contributed by atoms with E-state index in [1.807, 2.05) is 0 Å². The van der Waals surface area contributed by atoms with Gasteiger partial charge in [0.05, 0.1) is 6.10 Å². The second-order valence-electron chi connectivity index (χ2n) is 4.68. The summed E-state index contributed by atoms with van der Waals surface area (Å²) in [5, 5.41) is 0. The van der Waals surface area contributed by atoms with E-state index in [0.717, 1.165) is 32.5 Å². The SMILES string of the molecule is CCCC1CC(CN)(N(C)CC)CCO1. The van der Waals surface area contributed by atoms with E-state index in [4.69, 9.17) is 10.5 Å². The van der Waals surface area contributed by atoms with Crippen LogP contribution >= 0.6 is 0 Å². The molecule has 0 spiro atoms. The van der Waals surface area contributed by atoms with Gasteiger partial charge in [-0.1, -0.05) is 20.3 Å². The molecule has 1 rings (SSSR count). The summed E-state index contributed by atoms with van der Waals surface area (Å²) in [5.74, 6) is 0. The van der Waals surface area contributed by atoms with Crippen molar-refractivity contribution in [3.63, 3.8) is 0 Å². The summed E-state index contributed by atoms with van der Waals surface area (Å²) >= 11 is 0. The molecule has 90 valence electrons. The first-order chi connectivity index (χ1) is 7.18. The molecule has 0 bridgehead atoms. The third-order valence-corrected chi connectivity index (χ3v) is 3.80. The minimum atomic E-state index is 0.187. The van der Waals surface area contributed by atoms with Crippen LogP contribution in [0.5, 0.6) is 0 Å². The van der Waals surface area contributed by atoms with E-state index in [1.54, 1.807) is 0 Å². The first kappa shape index (κ1) is 12.9. The Morgan fingerprint density at radius 1 is 1.47 bits per heavy atom. The molecule has 1 saturated heterocycles. The van der Waals surface area contributed by atoms with Gasteiger partial charge in [-0.3, -0.25) is 4.90 Å². The van der Waals surface area contributed by atoms with Crippen LogP contribution in [0.1, 0.15) is 39.5 Å². The maximum Gasteiger partial charge on any atom is 0.0593 e. The molecule has 0 aromatic rings. The molecule has 2 N–H and O–H groups in total. The van der Waals surface area contributed by atoms with Crippen LogP contribution in [-0.4, -0.2) is 43.3 Å². The summed E-state index contributed by atoms with van der Waals surface area (Å²) in [6.45, 7) is 7.09. The van der Waals surface area contributed by atoms with Crippen LogP contribution in [0.4, 0.5) is 0 Å². The number of hydrogen-bond donors (Lipinski definition) is 1. The Morgan fingerprint density at radius 3 is 2.73 bits per heavy atom. The summed E-state index contributed by atoms with van der Waals surface area (Å²) < 4.78 is 5.79. The Morgan fingerprint density at radius 2 is 2.20 bits per heavy atom. The second-order valence-corrected chi connectivity index (χ2v) is 4.68. The van der Waals surface area contributed by atoms with E-state index >= 15 is 0 Å². The van der Waals surface area contributed by atoms with Gasteiger partial charge in [-0.2, -0.15) is 0 Å². The lowest BCUT2D eigenvalue weighted by atomic mass is 9.84. The van der Waals surface area contributed by atoms with Crippen LogP contribution < -0.4 is 5.73 Å². The van der Waals surface area contributed by atoms with Crippen LogP contribution in [-0.2, 0) is 4.74 Å². The van der Waals surface area contributed by atoms with Gasteiger partial charge in [0.1, 0.15) is 0 Å². The highest BCUT2D eigenvalue weighted by Gasteiger charge is 2.38. The minimum absolute atomic E-state index is 0.187. The number of rotatable bonds is 5. The van der Waals surface area contributed by atoms with Crippen LogP contribution in [0.15, 0.2) is 0 Å². The second kappa shape index (κ2) is 5.83. The van der Waals surface area contributed by atoms with Gasteiger partial charge < -0.3 is 10.5 Å². The average Bonchev–Trinajstić information content (AvgIpc) is 2.28. The van der Waals surface area contributed by atoms with Gasteiger partial charge in [-0.05, 0) is 32.9 Å². The monoisotopic (exact) mass is 214 g/mol. The molecule has 0 saturated carbocycles. The molecule has 3 nitrogen and oxygen atoms in total. The predicted molar refractivity (Wildman–Crippen MR) is 64.0 cm³/mol. The van der Waals surface area contributed by atoms with Gasteiger partial charge in [0.25, 0.3) is 0 Å². The van der Waals surface area contributed by atoms with Gasteiger partial charge in [0.15, 0.2) is 0 Å². The zero-order chi connectivity index (χ0) is 11.3. The summed E-state index contributed by atoms with van der Waals surface area (Å²) in [7, 11) is 2.18. The summed E-state index contributed by atoms with van der Waals surface area (Å²) in [5.41, 5.74) is 6.16. The molecule has 0 amide bonds. The van der Waals surface area contributed by atoms with Crippen molar-refractivity contribution in [1.29, 1.82) is 0 Å². The van der Waals surface area contributed by atoms with Gasteiger partial charge in [-0.15, -0.1) is 0 Å². The minimum Gasteiger partial charge on any atom is -0.378 e. The van der Waals surface area contributed by atoms with Gasteiger partial charge >= 0.3 is 0 Å². The number of nitrogens with two attached hydrogens (primary N) is 1. The van der Waals surface area contributed by atoms with Crippen molar-refractivity contribution < 1.29 is 4.74 Å². The molecular weight excluding hydrogens is 188 g/mol. The summed E-state index contributed by atoms with van der Waals surface area (Å²) in [4.78, 5) is 2.40. The van der Waals surface area contributed by atoms with E-state index < -0.39 is 0 Å². The zero-order valence-electron chi connectivity index (χ0n) is 10.5. The van der Waals surface area contributed by atoms with Gasteiger partial charge in [-0.25, -0.2) is 0 Å². The average molecular weight is 214 g/mol. The molecule has 2 atom stereocenters. The maximum absolute atomic E-state index is 5.98. The number of hydrogen-bond acceptors (Lipinski definition) is 3. The quantitative estimate of drug-likeness (QED) is 0.755. The Hall–Kier alpha value is -0.120. The molecule has 0 radical (unpaired) electrons. The Kier molecular flexibility index (Phi) is 5.03. The van der Waals surface area contributed by atoms with Crippen molar-refractivity contribution in [2.75, 3.05) is 26.7 Å². The molecule has 1 heterocycles. The van der Waals surface area contributed by atoms with Crippen LogP contribution in [0.25, 0.3) is 0 Å². The van der Waals surface area contributed by atoms with Crippen LogP contribution in [0.2, 0.25) is 0 Å². The largest absolute Gasteiger partial charge is 0.378 e. The molecule has 1 fully saturated rings. The number of ether oxygens (including phenoxy) is 1. The maximum atomic E-state index is 5.98. The van der Waals surface area contributed by atoms with E-state index in [-0.39, 0.29) is 5.54 Å². The molecule has 1 aliphatic rings. The fourth-order valence-electron chi connectivity index (χ4n) is 2.53. The lowest BCUT2D eigenvalue weighted by Crippen LogP contribution is -2.57.